The minimum atomic E-state index is -0.499. The van der Waals surface area contributed by atoms with E-state index in [-0.39, 0.29) is 24.6 Å². The first kappa shape index (κ1) is 12.8. The van der Waals surface area contributed by atoms with E-state index in [1.54, 1.807) is 32.3 Å². The number of nitrogens with zero attached hydrogens (tertiary/aromatic N) is 1. The molecule has 4 nitrogen and oxygen atoms in total. The van der Waals surface area contributed by atoms with Gasteiger partial charge >= 0.3 is 5.97 Å². The molecule has 1 aromatic rings. The van der Waals surface area contributed by atoms with E-state index in [1.165, 1.54) is 11.3 Å². The SMILES string of the molecule is CC(C)(C)OC(=O)CCC(=O)c1nccs1. The van der Waals surface area contributed by atoms with Crippen LogP contribution >= 0.6 is 11.3 Å². The molecule has 0 aliphatic heterocycles. The smallest absolute Gasteiger partial charge is 0.306 e. The normalized spacial score (nSPS) is 11.2. The van der Waals surface area contributed by atoms with E-state index in [1.807, 2.05) is 0 Å². The first-order valence-corrected chi connectivity index (χ1v) is 5.91. The minimum absolute atomic E-state index is 0.107. The van der Waals surface area contributed by atoms with Gasteiger partial charge in [-0.15, -0.1) is 11.3 Å². The molecule has 0 radical (unpaired) electrons. The largest absolute Gasteiger partial charge is 0.460 e. The van der Waals surface area contributed by atoms with Crippen LogP contribution in [0, 0.1) is 0 Å². The summed E-state index contributed by atoms with van der Waals surface area (Å²) in [6.07, 6.45) is 1.84. The van der Waals surface area contributed by atoms with Gasteiger partial charge in [-0.1, -0.05) is 0 Å². The van der Waals surface area contributed by atoms with E-state index in [9.17, 15) is 9.59 Å². The number of hydrogen-bond donors (Lipinski definition) is 0. The molecule has 5 heteroatoms. The third kappa shape index (κ3) is 4.53. The van der Waals surface area contributed by atoms with Crippen molar-refractivity contribution >= 4 is 23.1 Å². The number of carbonyl (C=O) groups excluding carboxylic acids is 2. The highest BCUT2D eigenvalue weighted by Gasteiger charge is 2.18. The Bertz CT molecular complexity index is 365. The van der Waals surface area contributed by atoms with Gasteiger partial charge in [-0.05, 0) is 20.8 Å². The Labute approximate surface area is 98.6 Å². The molecule has 16 heavy (non-hydrogen) atoms. The van der Waals surface area contributed by atoms with Crippen molar-refractivity contribution in [1.29, 1.82) is 0 Å². The summed E-state index contributed by atoms with van der Waals surface area (Å²) in [7, 11) is 0. The van der Waals surface area contributed by atoms with Crippen molar-refractivity contribution in [2.45, 2.75) is 39.2 Å². The monoisotopic (exact) mass is 241 g/mol. The van der Waals surface area contributed by atoms with E-state index >= 15 is 0 Å². The molecular formula is C11H15NO3S. The Morgan fingerprint density at radius 2 is 2.06 bits per heavy atom. The van der Waals surface area contributed by atoms with E-state index < -0.39 is 5.60 Å². The topological polar surface area (TPSA) is 56.3 Å². The lowest BCUT2D eigenvalue weighted by atomic mass is 10.2. The zero-order chi connectivity index (χ0) is 12.2. The lowest BCUT2D eigenvalue weighted by Gasteiger charge is -2.19. The number of carbonyl (C=O) groups is 2. The predicted octanol–water partition coefficient (Wildman–Crippen LogP) is 2.45. The molecule has 1 heterocycles. The number of thiazole rings is 1. The highest BCUT2D eigenvalue weighted by molar-refractivity contribution is 7.11. The Balaban J connectivity index is 2.35. The van der Waals surface area contributed by atoms with Crippen LogP contribution in [-0.2, 0) is 9.53 Å². The van der Waals surface area contributed by atoms with Crippen molar-refractivity contribution < 1.29 is 14.3 Å². The van der Waals surface area contributed by atoms with Gasteiger partial charge in [-0.2, -0.15) is 0 Å². The molecule has 0 saturated heterocycles. The molecule has 0 unspecified atom stereocenters. The van der Waals surface area contributed by atoms with Crippen LogP contribution in [0.1, 0.15) is 43.4 Å². The van der Waals surface area contributed by atoms with Gasteiger partial charge in [-0.3, -0.25) is 9.59 Å². The third-order valence-electron chi connectivity index (χ3n) is 1.65. The van der Waals surface area contributed by atoms with Gasteiger partial charge in [0.15, 0.2) is 10.8 Å². The number of hydrogen-bond acceptors (Lipinski definition) is 5. The molecule has 88 valence electrons. The third-order valence-corrected chi connectivity index (χ3v) is 2.46. The van der Waals surface area contributed by atoms with Crippen LogP contribution in [0.25, 0.3) is 0 Å². The van der Waals surface area contributed by atoms with Crippen LogP contribution in [-0.4, -0.2) is 22.3 Å². The van der Waals surface area contributed by atoms with Crippen LogP contribution < -0.4 is 0 Å². The van der Waals surface area contributed by atoms with E-state index in [2.05, 4.69) is 4.98 Å². The summed E-state index contributed by atoms with van der Waals surface area (Å²) < 4.78 is 5.10. The average Bonchev–Trinajstić information content (AvgIpc) is 2.64. The Hall–Kier alpha value is -1.23. The molecule has 0 spiro atoms. The number of rotatable bonds is 4. The van der Waals surface area contributed by atoms with Crippen LogP contribution in [0.3, 0.4) is 0 Å². The zero-order valence-corrected chi connectivity index (χ0v) is 10.5. The molecule has 0 aliphatic carbocycles. The number of Topliss-reactive ketones (excluding diaryl/α,β-unsaturated/α-hetero) is 1. The van der Waals surface area contributed by atoms with E-state index in [0.29, 0.717) is 5.01 Å². The van der Waals surface area contributed by atoms with Crippen molar-refractivity contribution in [3.63, 3.8) is 0 Å². The van der Waals surface area contributed by atoms with Crippen molar-refractivity contribution in [3.05, 3.63) is 16.6 Å². The number of ketones is 1. The van der Waals surface area contributed by atoms with Crippen LogP contribution in [0.4, 0.5) is 0 Å². The van der Waals surface area contributed by atoms with Crippen LogP contribution in [0.2, 0.25) is 0 Å². The van der Waals surface area contributed by atoms with Gasteiger partial charge in [0, 0.05) is 18.0 Å². The van der Waals surface area contributed by atoms with Crippen molar-refractivity contribution in [3.8, 4) is 0 Å². The quantitative estimate of drug-likeness (QED) is 0.600. The molecule has 0 N–H and O–H groups in total. The van der Waals surface area contributed by atoms with Crippen LogP contribution in [0.15, 0.2) is 11.6 Å². The van der Waals surface area contributed by atoms with Gasteiger partial charge in [0.05, 0.1) is 6.42 Å². The fraction of sp³-hybridized carbons (Fsp3) is 0.545. The molecule has 1 rings (SSSR count). The van der Waals surface area contributed by atoms with Gasteiger partial charge in [0.25, 0.3) is 0 Å². The van der Waals surface area contributed by atoms with Crippen LogP contribution in [0.5, 0.6) is 0 Å². The van der Waals surface area contributed by atoms with Gasteiger partial charge in [0.2, 0.25) is 0 Å². The predicted molar refractivity (Wildman–Crippen MR) is 61.5 cm³/mol. The first-order valence-electron chi connectivity index (χ1n) is 5.03. The zero-order valence-electron chi connectivity index (χ0n) is 9.65. The minimum Gasteiger partial charge on any atom is -0.460 e. The second-order valence-electron chi connectivity index (χ2n) is 4.35. The molecule has 0 amide bonds. The standard InChI is InChI=1S/C11H15NO3S/c1-11(2,3)15-9(14)5-4-8(13)10-12-6-7-16-10/h6-7H,4-5H2,1-3H3. The molecule has 0 atom stereocenters. The lowest BCUT2D eigenvalue weighted by Crippen LogP contribution is -2.24. The second kappa shape index (κ2) is 5.21. The summed E-state index contributed by atoms with van der Waals surface area (Å²) in [4.78, 5) is 26.7. The maximum Gasteiger partial charge on any atom is 0.306 e. The maximum absolute atomic E-state index is 11.5. The highest BCUT2D eigenvalue weighted by atomic mass is 32.1. The summed E-state index contributed by atoms with van der Waals surface area (Å²) in [5, 5.41) is 2.18. The van der Waals surface area contributed by atoms with E-state index in [0.717, 1.165) is 0 Å². The summed E-state index contributed by atoms with van der Waals surface area (Å²) in [5.74, 6) is -0.460. The molecule has 0 saturated carbocycles. The Kier molecular flexibility index (Phi) is 4.18. The Morgan fingerprint density at radius 3 is 2.56 bits per heavy atom. The average molecular weight is 241 g/mol. The van der Waals surface area contributed by atoms with Crippen molar-refractivity contribution in [2.75, 3.05) is 0 Å². The molecule has 0 fully saturated rings. The maximum atomic E-state index is 11.5. The van der Waals surface area contributed by atoms with Crippen molar-refractivity contribution in [1.82, 2.24) is 4.98 Å². The fourth-order valence-electron chi connectivity index (χ4n) is 1.08. The summed E-state index contributed by atoms with van der Waals surface area (Å²) in [5.41, 5.74) is -0.499. The highest BCUT2D eigenvalue weighted by Crippen LogP contribution is 2.12. The summed E-state index contributed by atoms with van der Waals surface area (Å²) >= 11 is 1.28. The number of esters is 1. The molecular weight excluding hydrogens is 226 g/mol. The Morgan fingerprint density at radius 1 is 1.38 bits per heavy atom. The number of ether oxygens (including phenoxy) is 1. The first-order chi connectivity index (χ1) is 7.38. The molecule has 0 bridgehead atoms. The molecule has 1 aromatic heterocycles. The van der Waals surface area contributed by atoms with E-state index in [4.69, 9.17) is 4.74 Å². The van der Waals surface area contributed by atoms with Gasteiger partial charge < -0.3 is 4.74 Å². The molecule has 0 aromatic carbocycles. The summed E-state index contributed by atoms with van der Waals surface area (Å²) in [6.45, 7) is 5.40. The second-order valence-corrected chi connectivity index (χ2v) is 5.24. The molecule has 0 aliphatic rings. The van der Waals surface area contributed by atoms with Crippen molar-refractivity contribution in [2.24, 2.45) is 0 Å². The summed E-state index contributed by atoms with van der Waals surface area (Å²) in [6, 6.07) is 0. The number of aromatic nitrogens is 1. The van der Waals surface area contributed by atoms with Gasteiger partial charge in [0.1, 0.15) is 5.60 Å². The fourth-order valence-corrected chi connectivity index (χ4v) is 1.68. The lowest BCUT2D eigenvalue weighted by molar-refractivity contribution is -0.154. The van der Waals surface area contributed by atoms with Gasteiger partial charge in [-0.25, -0.2) is 4.98 Å².